The maximum absolute atomic E-state index is 12.8. The lowest BCUT2D eigenvalue weighted by Gasteiger charge is -2.10. The van der Waals surface area contributed by atoms with Crippen LogP contribution in [0.15, 0.2) is 0 Å². The molecule has 0 aliphatic carbocycles. The molecule has 0 bridgehead atoms. The molecule has 1 heterocycles. The lowest BCUT2D eigenvalue weighted by Crippen LogP contribution is -2.24. The highest BCUT2D eigenvalue weighted by Gasteiger charge is 2.17. The van der Waals surface area contributed by atoms with Crippen molar-refractivity contribution >= 4 is 0 Å². The molecule has 0 saturated carbocycles. The third kappa shape index (κ3) is 1.94. The number of alkyl halides is 1. The maximum atomic E-state index is 12.8. The zero-order valence-electron chi connectivity index (χ0n) is 5.86. The topological polar surface area (TPSA) is 12.0 Å². The molecule has 1 aliphatic heterocycles. The van der Waals surface area contributed by atoms with Crippen LogP contribution in [0.2, 0.25) is 0 Å². The Balaban J connectivity index is 2.32. The molecule has 0 amide bonds. The van der Waals surface area contributed by atoms with E-state index < -0.39 is 6.17 Å². The molecule has 1 saturated heterocycles. The second-order valence-electron chi connectivity index (χ2n) is 2.84. The van der Waals surface area contributed by atoms with Crippen molar-refractivity contribution in [1.82, 2.24) is 5.32 Å². The van der Waals surface area contributed by atoms with Crippen LogP contribution in [0, 0.1) is 5.92 Å². The minimum Gasteiger partial charge on any atom is -0.314 e. The number of rotatable bonds is 0. The van der Waals surface area contributed by atoms with E-state index in [0.29, 0.717) is 6.54 Å². The third-order valence-corrected chi connectivity index (χ3v) is 1.97. The molecule has 2 atom stereocenters. The molecule has 0 spiro atoms. The minimum absolute atomic E-state index is 0.264. The van der Waals surface area contributed by atoms with E-state index in [0.717, 1.165) is 19.4 Å². The van der Waals surface area contributed by atoms with E-state index in [1.54, 1.807) is 0 Å². The summed E-state index contributed by atoms with van der Waals surface area (Å²) in [6.07, 6.45) is 1.54. The molecule has 0 aromatic heterocycles. The largest absolute Gasteiger partial charge is 0.314 e. The van der Waals surface area contributed by atoms with Crippen LogP contribution < -0.4 is 5.32 Å². The first-order valence-corrected chi connectivity index (χ1v) is 3.65. The summed E-state index contributed by atoms with van der Waals surface area (Å²) in [7, 11) is 0. The van der Waals surface area contributed by atoms with Gasteiger partial charge in [-0.1, -0.05) is 6.92 Å². The highest BCUT2D eigenvalue weighted by Crippen LogP contribution is 2.15. The van der Waals surface area contributed by atoms with Crippen molar-refractivity contribution in [2.24, 2.45) is 5.92 Å². The van der Waals surface area contributed by atoms with Crippen LogP contribution in [0.4, 0.5) is 4.39 Å². The minimum atomic E-state index is -0.618. The fraction of sp³-hybridized carbons (Fsp3) is 1.00. The lowest BCUT2D eigenvalue weighted by molar-refractivity contribution is 0.242. The average Bonchev–Trinajstić information content (AvgIpc) is 1.99. The van der Waals surface area contributed by atoms with E-state index in [4.69, 9.17) is 0 Å². The fourth-order valence-corrected chi connectivity index (χ4v) is 1.17. The zero-order chi connectivity index (χ0) is 6.69. The van der Waals surface area contributed by atoms with Crippen molar-refractivity contribution in [1.29, 1.82) is 0 Å². The number of halogens is 1. The van der Waals surface area contributed by atoms with Crippen LogP contribution in [0.1, 0.15) is 19.8 Å². The van der Waals surface area contributed by atoms with Crippen molar-refractivity contribution in [3.05, 3.63) is 0 Å². The van der Waals surface area contributed by atoms with Gasteiger partial charge in [0.1, 0.15) is 6.17 Å². The van der Waals surface area contributed by atoms with Gasteiger partial charge in [-0.05, 0) is 25.3 Å². The molecule has 0 aromatic rings. The van der Waals surface area contributed by atoms with E-state index in [9.17, 15) is 4.39 Å². The Morgan fingerprint density at radius 1 is 1.56 bits per heavy atom. The summed E-state index contributed by atoms with van der Waals surface area (Å²) in [5.41, 5.74) is 0. The van der Waals surface area contributed by atoms with Gasteiger partial charge in [0.05, 0.1) is 0 Å². The monoisotopic (exact) mass is 131 g/mol. The molecular formula is C7H14FN. The first-order valence-electron chi connectivity index (χ1n) is 3.65. The molecule has 54 valence electrons. The summed E-state index contributed by atoms with van der Waals surface area (Å²) in [5, 5.41) is 3.05. The Morgan fingerprint density at radius 3 is 3.11 bits per heavy atom. The second kappa shape index (κ2) is 3.16. The van der Waals surface area contributed by atoms with Crippen LogP contribution in [-0.2, 0) is 0 Å². The third-order valence-electron chi connectivity index (χ3n) is 1.97. The molecule has 1 N–H and O–H groups in total. The Labute approximate surface area is 55.6 Å². The van der Waals surface area contributed by atoms with Gasteiger partial charge < -0.3 is 5.32 Å². The summed E-state index contributed by atoms with van der Waals surface area (Å²) < 4.78 is 12.8. The van der Waals surface area contributed by atoms with Gasteiger partial charge in [0.2, 0.25) is 0 Å². The summed E-state index contributed by atoms with van der Waals surface area (Å²) in [6.45, 7) is 3.53. The molecular weight excluding hydrogens is 117 g/mol. The van der Waals surface area contributed by atoms with Crippen molar-refractivity contribution < 1.29 is 4.39 Å². The standard InChI is InChI=1S/C7H14FN/c1-6-3-2-4-9-5-7(6)8/h6-7,9H,2-5H2,1H3/t6-,7-/m1/s1. The van der Waals surface area contributed by atoms with Crippen molar-refractivity contribution in [3.8, 4) is 0 Å². The van der Waals surface area contributed by atoms with Gasteiger partial charge >= 0.3 is 0 Å². The number of hydrogen-bond acceptors (Lipinski definition) is 1. The summed E-state index contributed by atoms with van der Waals surface area (Å²) in [5.74, 6) is 0.264. The van der Waals surface area contributed by atoms with Crippen LogP contribution in [0.3, 0.4) is 0 Å². The van der Waals surface area contributed by atoms with Crippen molar-refractivity contribution in [2.45, 2.75) is 25.9 Å². The smallest absolute Gasteiger partial charge is 0.115 e. The molecule has 1 aliphatic rings. The Bertz CT molecular complexity index is 75.0. The highest BCUT2D eigenvalue weighted by atomic mass is 19.1. The Hall–Kier alpha value is -0.110. The van der Waals surface area contributed by atoms with Crippen LogP contribution in [0.25, 0.3) is 0 Å². The number of hydrogen-bond donors (Lipinski definition) is 1. The van der Waals surface area contributed by atoms with Gasteiger partial charge in [0, 0.05) is 6.54 Å². The quantitative estimate of drug-likeness (QED) is 0.523. The summed E-state index contributed by atoms with van der Waals surface area (Å²) >= 11 is 0. The molecule has 1 nitrogen and oxygen atoms in total. The van der Waals surface area contributed by atoms with E-state index in [2.05, 4.69) is 5.32 Å². The SMILES string of the molecule is C[C@@H]1CCCNC[C@H]1F. The van der Waals surface area contributed by atoms with Gasteiger partial charge in [0.25, 0.3) is 0 Å². The molecule has 9 heavy (non-hydrogen) atoms. The highest BCUT2D eigenvalue weighted by molar-refractivity contribution is 4.71. The van der Waals surface area contributed by atoms with Gasteiger partial charge in [0.15, 0.2) is 0 Å². The van der Waals surface area contributed by atoms with Crippen LogP contribution in [-0.4, -0.2) is 19.3 Å². The van der Waals surface area contributed by atoms with Crippen molar-refractivity contribution in [3.63, 3.8) is 0 Å². The maximum Gasteiger partial charge on any atom is 0.115 e. The Morgan fingerprint density at radius 2 is 2.33 bits per heavy atom. The number of nitrogens with one attached hydrogen (secondary N) is 1. The van der Waals surface area contributed by atoms with E-state index in [-0.39, 0.29) is 5.92 Å². The molecule has 1 rings (SSSR count). The first-order chi connectivity index (χ1) is 4.30. The normalized spacial score (nSPS) is 38.0. The lowest BCUT2D eigenvalue weighted by atomic mass is 10.0. The molecule has 0 unspecified atom stereocenters. The summed E-state index contributed by atoms with van der Waals surface area (Å²) in [4.78, 5) is 0. The van der Waals surface area contributed by atoms with Crippen molar-refractivity contribution in [2.75, 3.05) is 13.1 Å². The van der Waals surface area contributed by atoms with Gasteiger partial charge in [-0.15, -0.1) is 0 Å². The molecule has 0 radical (unpaired) electrons. The average molecular weight is 131 g/mol. The summed E-state index contributed by atoms with van der Waals surface area (Å²) in [6, 6.07) is 0. The molecule has 0 aromatic carbocycles. The second-order valence-corrected chi connectivity index (χ2v) is 2.84. The van der Waals surface area contributed by atoms with E-state index >= 15 is 0 Å². The van der Waals surface area contributed by atoms with Crippen LogP contribution >= 0.6 is 0 Å². The van der Waals surface area contributed by atoms with E-state index in [1.807, 2.05) is 6.92 Å². The van der Waals surface area contributed by atoms with Gasteiger partial charge in [-0.3, -0.25) is 0 Å². The fourth-order valence-electron chi connectivity index (χ4n) is 1.17. The molecule has 1 fully saturated rings. The first kappa shape index (κ1) is 7.00. The van der Waals surface area contributed by atoms with Crippen LogP contribution in [0.5, 0.6) is 0 Å². The predicted molar refractivity (Wildman–Crippen MR) is 36.2 cm³/mol. The van der Waals surface area contributed by atoms with Gasteiger partial charge in [-0.25, -0.2) is 4.39 Å². The zero-order valence-corrected chi connectivity index (χ0v) is 5.86. The van der Waals surface area contributed by atoms with Gasteiger partial charge in [-0.2, -0.15) is 0 Å². The predicted octanol–water partition coefficient (Wildman–Crippen LogP) is 1.34. The molecule has 2 heteroatoms. The van der Waals surface area contributed by atoms with E-state index in [1.165, 1.54) is 0 Å². The Kier molecular flexibility index (Phi) is 2.46.